The Morgan fingerprint density at radius 2 is 1.88 bits per heavy atom. The van der Waals surface area contributed by atoms with Crippen LogP contribution in [0.4, 0.5) is 0 Å². The number of aliphatic imine (C=N–C) groups is 1. The van der Waals surface area contributed by atoms with Crippen molar-refractivity contribution in [2.24, 2.45) is 10.4 Å². The summed E-state index contributed by atoms with van der Waals surface area (Å²) >= 11 is 0. The number of ether oxygens (including phenoxy) is 2. The van der Waals surface area contributed by atoms with Crippen LogP contribution in [0.3, 0.4) is 0 Å². The van der Waals surface area contributed by atoms with Gasteiger partial charge in [-0.1, -0.05) is 12.8 Å². The molecule has 2 aliphatic rings. The second-order valence-corrected chi connectivity index (χ2v) is 8.41. The van der Waals surface area contributed by atoms with Crippen molar-refractivity contribution in [1.82, 2.24) is 15.5 Å². The van der Waals surface area contributed by atoms with E-state index in [0.717, 1.165) is 64.9 Å². The summed E-state index contributed by atoms with van der Waals surface area (Å²) in [5.41, 5.74) is 0.416. The Morgan fingerprint density at radius 3 is 2.50 bits per heavy atom. The van der Waals surface area contributed by atoms with Crippen LogP contribution in [-0.4, -0.2) is 76.1 Å². The first-order chi connectivity index (χ1) is 12.5. The molecule has 0 amide bonds. The first-order valence-corrected chi connectivity index (χ1v) is 10.4. The first kappa shape index (κ1) is 21.5. The maximum atomic E-state index is 5.49. The van der Waals surface area contributed by atoms with Crippen LogP contribution in [0, 0.1) is 5.41 Å². The number of morpholine rings is 1. The molecular weight excluding hydrogens is 328 g/mol. The Morgan fingerprint density at radius 1 is 1.19 bits per heavy atom. The minimum atomic E-state index is 0.0488. The minimum Gasteiger partial charge on any atom is -0.385 e. The lowest BCUT2D eigenvalue weighted by Gasteiger charge is -2.40. The average Bonchev–Trinajstić information content (AvgIpc) is 3.12. The van der Waals surface area contributed by atoms with Crippen molar-refractivity contribution < 1.29 is 9.47 Å². The monoisotopic (exact) mass is 368 g/mol. The smallest absolute Gasteiger partial charge is 0.191 e. The lowest BCUT2D eigenvalue weighted by molar-refractivity contribution is -0.00684. The van der Waals surface area contributed by atoms with Crippen molar-refractivity contribution in [1.29, 1.82) is 0 Å². The van der Waals surface area contributed by atoms with E-state index in [1.807, 2.05) is 0 Å². The maximum Gasteiger partial charge on any atom is 0.191 e. The fourth-order valence-corrected chi connectivity index (χ4v) is 4.11. The molecule has 1 aliphatic carbocycles. The molecule has 26 heavy (non-hydrogen) atoms. The van der Waals surface area contributed by atoms with Crippen molar-refractivity contribution >= 4 is 5.96 Å². The Bertz CT molecular complexity index is 428. The van der Waals surface area contributed by atoms with Gasteiger partial charge in [0.2, 0.25) is 0 Å². The van der Waals surface area contributed by atoms with Gasteiger partial charge in [0.25, 0.3) is 0 Å². The highest BCUT2D eigenvalue weighted by molar-refractivity contribution is 5.79. The van der Waals surface area contributed by atoms with Gasteiger partial charge < -0.3 is 20.1 Å². The molecule has 0 radical (unpaired) electrons. The molecule has 6 heteroatoms. The van der Waals surface area contributed by atoms with E-state index in [-0.39, 0.29) is 5.54 Å². The van der Waals surface area contributed by atoms with Gasteiger partial charge in [-0.25, -0.2) is 0 Å². The number of hydrogen-bond acceptors (Lipinski definition) is 4. The Balaban J connectivity index is 1.92. The zero-order valence-corrected chi connectivity index (χ0v) is 17.4. The Hall–Kier alpha value is -0.850. The topological polar surface area (TPSA) is 58.1 Å². The molecular formula is C20H40N4O2. The van der Waals surface area contributed by atoms with Gasteiger partial charge in [0.05, 0.1) is 19.8 Å². The summed E-state index contributed by atoms with van der Waals surface area (Å²) in [7, 11) is 1.80. The molecule has 0 atom stereocenters. The third-order valence-electron chi connectivity index (χ3n) is 5.97. The predicted molar refractivity (Wildman–Crippen MR) is 108 cm³/mol. The van der Waals surface area contributed by atoms with E-state index in [0.29, 0.717) is 5.41 Å². The largest absolute Gasteiger partial charge is 0.385 e. The second-order valence-electron chi connectivity index (χ2n) is 8.41. The molecule has 0 aromatic carbocycles. The van der Waals surface area contributed by atoms with Gasteiger partial charge in [-0.15, -0.1) is 0 Å². The number of nitrogens with zero attached hydrogens (tertiary/aromatic N) is 2. The summed E-state index contributed by atoms with van der Waals surface area (Å²) in [6.07, 6.45) is 6.39. The van der Waals surface area contributed by atoms with Crippen LogP contribution in [0.2, 0.25) is 0 Å². The summed E-state index contributed by atoms with van der Waals surface area (Å²) in [5, 5.41) is 7.05. The van der Waals surface area contributed by atoms with Crippen molar-refractivity contribution in [2.45, 2.75) is 58.4 Å². The van der Waals surface area contributed by atoms with E-state index in [9.17, 15) is 0 Å². The molecule has 0 bridgehead atoms. The van der Waals surface area contributed by atoms with E-state index in [1.165, 1.54) is 25.7 Å². The average molecular weight is 369 g/mol. The predicted octanol–water partition coefficient (Wildman–Crippen LogP) is 2.25. The van der Waals surface area contributed by atoms with Crippen LogP contribution in [0.1, 0.15) is 52.9 Å². The van der Waals surface area contributed by atoms with Gasteiger partial charge in [-0.05, 0) is 45.4 Å². The summed E-state index contributed by atoms with van der Waals surface area (Å²) in [6, 6.07) is 0. The number of rotatable bonds is 9. The van der Waals surface area contributed by atoms with E-state index >= 15 is 0 Å². The van der Waals surface area contributed by atoms with Gasteiger partial charge >= 0.3 is 0 Å². The molecule has 0 unspecified atom stereocenters. The van der Waals surface area contributed by atoms with Crippen LogP contribution < -0.4 is 10.6 Å². The van der Waals surface area contributed by atoms with Crippen LogP contribution in [0.15, 0.2) is 4.99 Å². The normalized spacial score (nSPS) is 21.8. The van der Waals surface area contributed by atoms with Gasteiger partial charge in [0.1, 0.15) is 0 Å². The van der Waals surface area contributed by atoms with Crippen LogP contribution >= 0.6 is 0 Å². The Kier molecular flexibility index (Phi) is 8.64. The first-order valence-electron chi connectivity index (χ1n) is 10.4. The highest BCUT2D eigenvalue weighted by Crippen LogP contribution is 2.40. The molecule has 152 valence electrons. The van der Waals surface area contributed by atoms with Crippen molar-refractivity contribution in [3.8, 4) is 0 Å². The molecule has 1 heterocycles. The zero-order chi connectivity index (χ0) is 18.9. The molecule has 1 aliphatic heterocycles. The van der Waals surface area contributed by atoms with E-state index in [4.69, 9.17) is 14.5 Å². The number of methoxy groups -OCH3 is 1. The van der Waals surface area contributed by atoms with Gasteiger partial charge in [-0.2, -0.15) is 0 Å². The van der Waals surface area contributed by atoms with E-state index in [2.05, 4.69) is 36.3 Å². The number of hydrogen-bond donors (Lipinski definition) is 2. The summed E-state index contributed by atoms with van der Waals surface area (Å²) in [4.78, 5) is 7.40. The molecule has 2 N–H and O–H groups in total. The second kappa shape index (κ2) is 10.5. The third-order valence-corrected chi connectivity index (χ3v) is 5.97. The molecule has 6 nitrogen and oxygen atoms in total. The molecule has 0 aromatic rings. The fourth-order valence-electron chi connectivity index (χ4n) is 4.11. The summed E-state index contributed by atoms with van der Waals surface area (Å²) in [6.45, 7) is 13.8. The van der Waals surface area contributed by atoms with E-state index < -0.39 is 0 Å². The van der Waals surface area contributed by atoms with Gasteiger partial charge in [0, 0.05) is 45.4 Å². The SMILES string of the molecule is CCNC(=NCC(C)(C)N1CCOCC1)NCC1(CCOC)CCCC1. The highest BCUT2D eigenvalue weighted by Gasteiger charge is 2.33. The van der Waals surface area contributed by atoms with E-state index in [1.54, 1.807) is 7.11 Å². The zero-order valence-electron chi connectivity index (χ0n) is 17.4. The molecule has 1 saturated carbocycles. The Labute approximate surface area is 160 Å². The molecule has 2 rings (SSSR count). The van der Waals surface area contributed by atoms with Gasteiger partial charge in [0.15, 0.2) is 5.96 Å². The molecule has 0 aromatic heterocycles. The van der Waals surface area contributed by atoms with Crippen molar-refractivity contribution in [3.05, 3.63) is 0 Å². The number of nitrogens with one attached hydrogen (secondary N) is 2. The van der Waals surface area contributed by atoms with Crippen LogP contribution in [0.25, 0.3) is 0 Å². The lowest BCUT2D eigenvalue weighted by Crippen LogP contribution is -2.52. The standard InChI is InChI=1S/C20H40N4O2/c1-5-21-18(22-16-19(2,3)24-11-14-26-15-12-24)23-17-20(10-13-25-4)8-6-7-9-20/h5-17H2,1-4H3,(H2,21,22,23). The maximum absolute atomic E-state index is 5.49. The quantitative estimate of drug-likeness (QED) is 0.483. The summed E-state index contributed by atoms with van der Waals surface area (Å²) < 4.78 is 10.8. The lowest BCUT2D eigenvalue weighted by atomic mass is 9.83. The van der Waals surface area contributed by atoms with Crippen molar-refractivity contribution in [2.75, 3.05) is 59.7 Å². The molecule has 1 saturated heterocycles. The highest BCUT2D eigenvalue weighted by atomic mass is 16.5. The van der Waals surface area contributed by atoms with Gasteiger partial charge in [-0.3, -0.25) is 9.89 Å². The number of guanidine groups is 1. The van der Waals surface area contributed by atoms with Crippen molar-refractivity contribution in [3.63, 3.8) is 0 Å². The van der Waals surface area contributed by atoms with Crippen LogP contribution in [-0.2, 0) is 9.47 Å². The molecule has 0 spiro atoms. The summed E-state index contributed by atoms with van der Waals surface area (Å²) in [5.74, 6) is 0.942. The minimum absolute atomic E-state index is 0.0488. The molecule has 2 fully saturated rings. The van der Waals surface area contributed by atoms with Crippen LogP contribution in [0.5, 0.6) is 0 Å². The fraction of sp³-hybridized carbons (Fsp3) is 0.950. The third kappa shape index (κ3) is 6.39.